The predicted octanol–water partition coefficient (Wildman–Crippen LogP) is 4.95. The summed E-state index contributed by atoms with van der Waals surface area (Å²) < 4.78 is 0. The number of hydrogen-bond donors (Lipinski definition) is 2. The Kier molecular flexibility index (Phi) is 5.44. The van der Waals surface area contributed by atoms with Crippen LogP contribution < -0.4 is 10.6 Å². The Morgan fingerprint density at radius 3 is 2.12 bits per heavy atom. The van der Waals surface area contributed by atoms with E-state index in [9.17, 15) is 9.59 Å². The van der Waals surface area contributed by atoms with E-state index in [0.29, 0.717) is 17.7 Å². The molecule has 0 heterocycles. The Morgan fingerprint density at radius 2 is 1.42 bits per heavy atom. The van der Waals surface area contributed by atoms with Gasteiger partial charge in [0.15, 0.2) is 0 Å². The number of rotatable bonds is 5. The number of hydrogen-bond acceptors (Lipinski definition) is 2. The summed E-state index contributed by atoms with van der Waals surface area (Å²) in [6, 6.07) is 24.7. The molecule has 130 valence electrons. The molecule has 0 atom stereocenters. The van der Waals surface area contributed by atoms with Gasteiger partial charge in [0.05, 0.1) is 0 Å². The second-order valence-electron chi connectivity index (χ2n) is 5.88. The molecule has 0 aliphatic carbocycles. The van der Waals surface area contributed by atoms with E-state index in [4.69, 9.17) is 0 Å². The third-order valence-corrected chi connectivity index (χ3v) is 3.98. The molecule has 0 aromatic heterocycles. The Morgan fingerprint density at radius 1 is 0.731 bits per heavy atom. The van der Waals surface area contributed by atoms with Crippen molar-refractivity contribution < 1.29 is 9.59 Å². The molecule has 4 heteroatoms. The van der Waals surface area contributed by atoms with E-state index in [-0.39, 0.29) is 11.8 Å². The van der Waals surface area contributed by atoms with Gasteiger partial charge in [-0.3, -0.25) is 9.59 Å². The summed E-state index contributed by atoms with van der Waals surface area (Å²) in [5.74, 6) is -0.302. The molecule has 3 rings (SSSR count). The fourth-order valence-electron chi connectivity index (χ4n) is 2.57. The lowest BCUT2D eigenvalue weighted by atomic mass is 10.1. The highest BCUT2D eigenvalue weighted by Crippen LogP contribution is 2.21. The van der Waals surface area contributed by atoms with Gasteiger partial charge in [-0.25, -0.2) is 0 Å². The molecule has 3 aromatic carbocycles. The Balaban J connectivity index is 1.70. The van der Waals surface area contributed by atoms with Gasteiger partial charge in [0.25, 0.3) is 5.91 Å². The van der Waals surface area contributed by atoms with Gasteiger partial charge in [-0.1, -0.05) is 55.5 Å². The van der Waals surface area contributed by atoms with E-state index in [0.717, 1.165) is 16.8 Å². The second-order valence-corrected chi connectivity index (χ2v) is 5.88. The Hall–Kier alpha value is -3.40. The number of anilines is 2. The highest BCUT2D eigenvalue weighted by molar-refractivity contribution is 6.05. The van der Waals surface area contributed by atoms with Gasteiger partial charge in [-0.15, -0.1) is 0 Å². The van der Waals surface area contributed by atoms with Gasteiger partial charge < -0.3 is 10.6 Å². The molecule has 0 aliphatic rings. The van der Waals surface area contributed by atoms with Crippen LogP contribution >= 0.6 is 0 Å². The van der Waals surface area contributed by atoms with Gasteiger partial charge in [0.1, 0.15) is 0 Å². The standard InChI is InChI=1S/C22H20N2O2/c1-2-21(25)23-20-10-6-9-18(15-20)22(26)24-19-13-11-17(12-14-19)16-7-4-3-5-8-16/h3-15H,2H2,1H3,(H,23,25)(H,24,26). The smallest absolute Gasteiger partial charge is 0.255 e. The summed E-state index contributed by atoms with van der Waals surface area (Å²) in [5.41, 5.74) is 4.05. The van der Waals surface area contributed by atoms with Crippen molar-refractivity contribution in [1.82, 2.24) is 0 Å². The monoisotopic (exact) mass is 344 g/mol. The molecule has 26 heavy (non-hydrogen) atoms. The van der Waals surface area contributed by atoms with E-state index in [1.165, 1.54) is 0 Å². The van der Waals surface area contributed by atoms with Crippen molar-refractivity contribution in [3.63, 3.8) is 0 Å². The lowest BCUT2D eigenvalue weighted by Gasteiger charge is -2.09. The molecule has 0 saturated carbocycles. The minimum Gasteiger partial charge on any atom is -0.326 e. The number of nitrogens with one attached hydrogen (secondary N) is 2. The van der Waals surface area contributed by atoms with Crippen LogP contribution in [-0.2, 0) is 4.79 Å². The van der Waals surface area contributed by atoms with Crippen molar-refractivity contribution in [1.29, 1.82) is 0 Å². The van der Waals surface area contributed by atoms with Crippen molar-refractivity contribution in [2.45, 2.75) is 13.3 Å². The quantitative estimate of drug-likeness (QED) is 0.688. The lowest BCUT2D eigenvalue weighted by Crippen LogP contribution is -2.13. The molecule has 0 radical (unpaired) electrons. The van der Waals surface area contributed by atoms with Gasteiger partial charge >= 0.3 is 0 Å². The molecule has 2 amide bonds. The maximum absolute atomic E-state index is 12.5. The summed E-state index contributed by atoms with van der Waals surface area (Å²) >= 11 is 0. The summed E-state index contributed by atoms with van der Waals surface area (Å²) in [6.45, 7) is 1.78. The Labute approximate surface area is 152 Å². The average Bonchev–Trinajstić information content (AvgIpc) is 2.69. The topological polar surface area (TPSA) is 58.2 Å². The van der Waals surface area contributed by atoms with Crippen LogP contribution in [0.2, 0.25) is 0 Å². The first kappa shape index (κ1) is 17.4. The molecule has 2 N–H and O–H groups in total. The minimum absolute atomic E-state index is 0.0842. The summed E-state index contributed by atoms with van der Waals surface area (Å²) in [5, 5.41) is 5.64. The fourth-order valence-corrected chi connectivity index (χ4v) is 2.57. The lowest BCUT2D eigenvalue weighted by molar-refractivity contribution is -0.115. The van der Waals surface area contributed by atoms with Crippen molar-refractivity contribution >= 4 is 23.2 Å². The zero-order valence-electron chi connectivity index (χ0n) is 14.5. The molecular weight excluding hydrogens is 324 g/mol. The SMILES string of the molecule is CCC(=O)Nc1cccc(C(=O)Nc2ccc(-c3ccccc3)cc2)c1. The van der Waals surface area contributed by atoms with Crippen LogP contribution in [-0.4, -0.2) is 11.8 Å². The average molecular weight is 344 g/mol. The molecule has 0 bridgehead atoms. The zero-order valence-corrected chi connectivity index (χ0v) is 14.5. The second kappa shape index (κ2) is 8.12. The molecule has 0 unspecified atom stereocenters. The summed E-state index contributed by atoms with van der Waals surface area (Å²) in [4.78, 5) is 23.9. The summed E-state index contributed by atoms with van der Waals surface area (Å²) in [7, 11) is 0. The fraction of sp³-hybridized carbons (Fsp3) is 0.0909. The minimum atomic E-state index is -0.218. The van der Waals surface area contributed by atoms with Crippen LogP contribution in [0.25, 0.3) is 11.1 Å². The number of benzene rings is 3. The molecule has 3 aromatic rings. The molecule has 0 spiro atoms. The number of carbonyl (C=O) groups is 2. The van der Waals surface area contributed by atoms with Gasteiger partial charge in [-0.05, 0) is 41.5 Å². The van der Waals surface area contributed by atoms with E-state index in [1.54, 1.807) is 31.2 Å². The van der Waals surface area contributed by atoms with E-state index < -0.39 is 0 Å². The summed E-state index contributed by atoms with van der Waals surface area (Å²) in [6.07, 6.45) is 0.393. The highest BCUT2D eigenvalue weighted by atomic mass is 16.2. The molecule has 0 saturated heterocycles. The number of amides is 2. The maximum Gasteiger partial charge on any atom is 0.255 e. The molecule has 0 fully saturated rings. The van der Waals surface area contributed by atoms with Crippen molar-refractivity contribution in [2.24, 2.45) is 0 Å². The van der Waals surface area contributed by atoms with Gasteiger partial charge in [0.2, 0.25) is 5.91 Å². The van der Waals surface area contributed by atoms with E-state index in [2.05, 4.69) is 10.6 Å². The first-order valence-electron chi connectivity index (χ1n) is 8.52. The third kappa shape index (κ3) is 4.36. The first-order valence-corrected chi connectivity index (χ1v) is 8.52. The van der Waals surface area contributed by atoms with E-state index >= 15 is 0 Å². The molecular formula is C22H20N2O2. The van der Waals surface area contributed by atoms with Gasteiger partial charge in [0, 0.05) is 23.4 Å². The predicted molar refractivity (Wildman–Crippen MR) is 105 cm³/mol. The van der Waals surface area contributed by atoms with Crippen molar-refractivity contribution in [2.75, 3.05) is 10.6 Å². The molecule has 4 nitrogen and oxygen atoms in total. The zero-order chi connectivity index (χ0) is 18.4. The number of carbonyl (C=O) groups excluding carboxylic acids is 2. The van der Waals surface area contributed by atoms with Crippen LogP contribution in [0.5, 0.6) is 0 Å². The molecule has 0 aliphatic heterocycles. The third-order valence-electron chi connectivity index (χ3n) is 3.98. The van der Waals surface area contributed by atoms with Crippen LogP contribution in [0.3, 0.4) is 0 Å². The largest absolute Gasteiger partial charge is 0.326 e. The van der Waals surface area contributed by atoms with E-state index in [1.807, 2.05) is 54.6 Å². The normalized spacial score (nSPS) is 10.2. The van der Waals surface area contributed by atoms with Crippen LogP contribution in [0.15, 0.2) is 78.9 Å². The van der Waals surface area contributed by atoms with Crippen molar-refractivity contribution in [3.05, 3.63) is 84.4 Å². The van der Waals surface area contributed by atoms with Crippen LogP contribution in [0, 0.1) is 0 Å². The first-order chi connectivity index (χ1) is 12.7. The van der Waals surface area contributed by atoms with Crippen LogP contribution in [0.1, 0.15) is 23.7 Å². The highest BCUT2D eigenvalue weighted by Gasteiger charge is 2.08. The maximum atomic E-state index is 12.5. The van der Waals surface area contributed by atoms with Crippen molar-refractivity contribution in [3.8, 4) is 11.1 Å². The van der Waals surface area contributed by atoms with Gasteiger partial charge in [-0.2, -0.15) is 0 Å². The van der Waals surface area contributed by atoms with Crippen LogP contribution in [0.4, 0.5) is 11.4 Å². The Bertz CT molecular complexity index is 903.